The minimum atomic E-state index is -0.315. The standard InChI is InChI=1S/C15H20INO4/c1-4-21-14(18)11-5-7-12(8-6-11)17(2)10-9-13(16)15(19)20-3/h5-8,13H,4,9-10H2,1-3H3. The highest BCUT2D eigenvalue weighted by atomic mass is 127. The molecule has 0 radical (unpaired) electrons. The van der Waals surface area contributed by atoms with Crippen molar-refractivity contribution in [2.24, 2.45) is 0 Å². The van der Waals surface area contributed by atoms with Gasteiger partial charge in [0, 0.05) is 19.3 Å². The summed E-state index contributed by atoms with van der Waals surface area (Å²) in [6, 6.07) is 7.22. The smallest absolute Gasteiger partial charge is 0.338 e. The lowest BCUT2D eigenvalue weighted by Gasteiger charge is -2.20. The SMILES string of the molecule is CCOC(=O)c1ccc(N(C)CCC(I)C(=O)OC)cc1. The number of ether oxygens (including phenoxy) is 2. The first-order chi connectivity index (χ1) is 9.99. The lowest BCUT2D eigenvalue weighted by atomic mass is 10.2. The Morgan fingerprint density at radius 3 is 2.43 bits per heavy atom. The largest absolute Gasteiger partial charge is 0.468 e. The molecule has 5 nitrogen and oxygen atoms in total. The number of rotatable bonds is 7. The molecule has 0 N–H and O–H groups in total. The van der Waals surface area contributed by atoms with Gasteiger partial charge in [-0.3, -0.25) is 4.79 Å². The summed E-state index contributed by atoms with van der Waals surface area (Å²) in [6.45, 7) is 2.87. The van der Waals surface area contributed by atoms with E-state index in [2.05, 4.69) is 22.6 Å². The molecule has 1 aromatic carbocycles. The van der Waals surface area contributed by atoms with Crippen LogP contribution in [0.1, 0.15) is 23.7 Å². The monoisotopic (exact) mass is 405 g/mol. The van der Waals surface area contributed by atoms with E-state index in [0.29, 0.717) is 18.6 Å². The van der Waals surface area contributed by atoms with Crippen LogP contribution in [-0.4, -0.2) is 43.2 Å². The van der Waals surface area contributed by atoms with Gasteiger partial charge in [-0.15, -0.1) is 0 Å². The second-order valence-corrected chi connectivity index (χ2v) is 5.97. The van der Waals surface area contributed by atoms with Gasteiger partial charge in [0.05, 0.1) is 19.3 Å². The summed E-state index contributed by atoms with van der Waals surface area (Å²) < 4.78 is 9.48. The zero-order valence-electron chi connectivity index (χ0n) is 12.5. The van der Waals surface area contributed by atoms with Crippen molar-refractivity contribution >= 4 is 40.2 Å². The Morgan fingerprint density at radius 2 is 1.90 bits per heavy atom. The zero-order valence-corrected chi connectivity index (χ0v) is 14.6. The molecule has 0 amide bonds. The maximum Gasteiger partial charge on any atom is 0.338 e. The van der Waals surface area contributed by atoms with Gasteiger partial charge in [0.15, 0.2) is 0 Å². The number of benzene rings is 1. The van der Waals surface area contributed by atoms with Crippen molar-refractivity contribution in [3.05, 3.63) is 29.8 Å². The number of methoxy groups -OCH3 is 1. The third-order valence-electron chi connectivity index (χ3n) is 2.99. The number of alkyl halides is 1. The van der Waals surface area contributed by atoms with E-state index in [9.17, 15) is 9.59 Å². The van der Waals surface area contributed by atoms with Crippen LogP contribution in [0.4, 0.5) is 5.69 Å². The highest BCUT2D eigenvalue weighted by Crippen LogP contribution is 2.17. The molecular weight excluding hydrogens is 385 g/mol. The lowest BCUT2D eigenvalue weighted by Crippen LogP contribution is -2.25. The second kappa shape index (κ2) is 8.86. The summed E-state index contributed by atoms with van der Waals surface area (Å²) in [5, 5.41) is 0. The van der Waals surface area contributed by atoms with Gasteiger partial charge in [-0.2, -0.15) is 0 Å². The fourth-order valence-corrected chi connectivity index (χ4v) is 2.28. The summed E-state index contributed by atoms with van der Waals surface area (Å²) in [5.41, 5.74) is 1.52. The average Bonchev–Trinajstić information content (AvgIpc) is 2.51. The summed E-state index contributed by atoms with van der Waals surface area (Å²) in [6.07, 6.45) is 0.698. The minimum absolute atomic E-state index is 0.158. The Bertz CT molecular complexity index is 475. The van der Waals surface area contributed by atoms with Gasteiger partial charge in [0.1, 0.15) is 3.92 Å². The van der Waals surface area contributed by atoms with Crippen LogP contribution >= 0.6 is 22.6 Å². The predicted octanol–water partition coefficient (Wildman–Crippen LogP) is 2.67. The van der Waals surface area contributed by atoms with Crippen LogP contribution in [0.15, 0.2) is 24.3 Å². The molecule has 0 saturated carbocycles. The van der Waals surface area contributed by atoms with Crippen LogP contribution in [-0.2, 0) is 14.3 Å². The first kappa shape index (κ1) is 17.7. The number of halogens is 1. The fraction of sp³-hybridized carbons (Fsp3) is 0.467. The number of hydrogen-bond donors (Lipinski definition) is 0. The number of esters is 2. The van der Waals surface area contributed by atoms with Gasteiger partial charge in [-0.1, -0.05) is 22.6 Å². The number of nitrogens with zero attached hydrogens (tertiary/aromatic N) is 1. The van der Waals surface area contributed by atoms with Crippen molar-refractivity contribution in [3.63, 3.8) is 0 Å². The van der Waals surface area contributed by atoms with E-state index in [1.54, 1.807) is 19.1 Å². The molecule has 0 aliphatic rings. The third-order valence-corrected chi connectivity index (χ3v) is 4.13. The average molecular weight is 405 g/mol. The maximum atomic E-state index is 11.6. The molecule has 1 aromatic rings. The van der Waals surface area contributed by atoms with Crippen molar-refractivity contribution in [1.82, 2.24) is 0 Å². The van der Waals surface area contributed by atoms with Crippen LogP contribution in [0.2, 0.25) is 0 Å². The fourth-order valence-electron chi connectivity index (χ4n) is 1.75. The topological polar surface area (TPSA) is 55.8 Å². The molecule has 116 valence electrons. The normalized spacial score (nSPS) is 11.6. The molecule has 21 heavy (non-hydrogen) atoms. The van der Waals surface area contributed by atoms with Gasteiger partial charge in [0.2, 0.25) is 0 Å². The first-order valence-electron chi connectivity index (χ1n) is 6.69. The van der Waals surface area contributed by atoms with E-state index in [0.717, 1.165) is 12.2 Å². The van der Waals surface area contributed by atoms with Crippen molar-refractivity contribution in [1.29, 1.82) is 0 Å². The van der Waals surface area contributed by atoms with Gasteiger partial charge < -0.3 is 14.4 Å². The Kier molecular flexibility index (Phi) is 7.49. The Morgan fingerprint density at radius 1 is 1.29 bits per heavy atom. The molecular formula is C15H20INO4. The third kappa shape index (κ3) is 5.53. The van der Waals surface area contributed by atoms with E-state index in [-0.39, 0.29) is 15.9 Å². The molecule has 0 heterocycles. The predicted molar refractivity (Wildman–Crippen MR) is 90.1 cm³/mol. The van der Waals surface area contributed by atoms with Crippen LogP contribution in [0, 0.1) is 0 Å². The maximum absolute atomic E-state index is 11.6. The first-order valence-corrected chi connectivity index (χ1v) is 7.94. The zero-order chi connectivity index (χ0) is 15.8. The van der Waals surface area contributed by atoms with Gasteiger partial charge >= 0.3 is 11.9 Å². The van der Waals surface area contributed by atoms with Crippen LogP contribution in [0.25, 0.3) is 0 Å². The minimum Gasteiger partial charge on any atom is -0.468 e. The van der Waals surface area contributed by atoms with Gasteiger partial charge in [-0.25, -0.2) is 4.79 Å². The highest BCUT2D eigenvalue weighted by Gasteiger charge is 2.15. The summed E-state index contributed by atoms with van der Waals surface area (Å²) in [4.78, 5) is 24.9. The molecule has 6 heteroatoms. The van der Waals surface area contributed by atoms with E-state index in [1.165, 1.54) is 7.11 Å². The summed E-state index contributed by atoms with van der Waals surface area (Å²) in [5.74, 6) is -0.522. The van der Waals surface area contributed by atoms with Crippen molar-refractivity contribution in [2.75, 3.05) is 32.2 Å². The molecule has 0 aliphatic heterocycles. The quantitative estimate of drug-likeness (QED) is 0.397. The molecule has 0 bridgehead atoms. The van der Waals surface area contributed by atoms with E-state index < -0.39 is 0 Å². The Hall–Kier alpha value is -1.31. The van der Waals surface area contributed by atoms with Crippen molar-refractivity contribution < 1.29 is 19.1 Å². The van der Waals surface area contributed by atoms with E-state index >= 15 is 0 Å². The molecule has 1 rings (SSSR count). The number of carbonyl (C=O) groups is 2. The second-order valence-electron chi connectivity index (χ2n) is 4.47. The van der Waals surface area contributed by atoms with Crippen molar-refractivity contribution in [2.45, 2.75) is 17.3 Å². The summed E-state index contributed by atoms with van der Waals surface area (Å²) in [7, 11) is 3.34. The number of anilines is 1. The Balaban J connectivity index is 2.57. The van der Waals surface area contributed by atoms with Crippen LogP contribution in [0.3, 0.4) is 0 Å². The Labute approximate surface area is 138 Å². The van der Waals surface area contributed by atoms with E-state index in [4.69, 9.17) is 9.47 Å². The van der Waals surface area contributed by atoms with Crippen LogP contribution in [0.5, 0.6) is 0 Å². The van der Waals surface area contributed by atoms with E-state index in [1.807, 2.05) is 24.1 Å². The molecule has 0 aliphatic carbocycles. The molecule has 1 unspecified atom stereocenters. The molecule has 0 saturated heterocycles. The van der Waals surface area contributed by atoms with Crippen LogP contribution < -0.4 is 4.90 Å². The summed E-state index contributed by atoms with van der Waals surface area (Å²) >= 11 is 2.08. The number of carbonyl (C=O) groups excluding carboxylic acids is 2. The molecule has 0 aromatic heterocycles. The van der Waals surface area contributed by atoms with Crippen molar-refractivity contribution in [3.8, 4) is 0 Å². The highest BCUT2D eigenvalue weighted by molar-refractivity contribution is 14.1. The molecule has 0 spiro atoms. The number of hydrogen-bond acceptors (Lipinski definition) is 5. The lowest BCUT2D eigenvalue weighted by molar-refractivity contribution is -0.139. The molecule has 1 atom stereocenters. The van der Waals surface area contributed by atoms with Gasteiger partial charge in [0.25, 0.3) is 0 Å². The van der Waals surface area contributed by atoms with Gasteiger partial charge in [-0.05, 0) is 37.6 Å². The molecule has 0 fully saturated rings.